The highest BCUT2D eigenvalue weighted by atomic mass is 19.1. The zero-order chi connectivity index (χ0) is 21.3. The molecule has 4 rings (SSSR count). The Labute approximate surface area is 175 Å². The number of rotatable bonds is 5. The number of fused-ring (bicyclic) bond motifs is 1. The van der Waals surface area contributed by atoms with Crippen LogP contribution in [0.2, 0.25) is 0 Å². The molecule has 0 radical (unpaired) electrons. The van der Waals surface area contributed by atoms with Gasteiger partial charge in [-0.3, -0.25) is 9.78 Å². The van der Waals surface area contributed by atoms with E-state index in [1.54, 1.807) is 18.3 Å². The first-order valence-corrected chi connectivity index (χ1v) is 9.94. The van der Waals surface area contributed by atoms with Crippen LogP contribution >= 0.6 is 0 Å². The van der Waals surface area contributed by atoms with E-state index in [1.165, 1.54) is 18.6 Å². The SMILES string of the molecule is CC(=O)NCc1ccc(Nc2nccc(-c3cnc4c(c3)C(C)(C)CC4)n2)c(F)c1. The molecular formula is C23H24FN5O. The maximum absolute atomic E-state index is 14.5. The van der Waals surface area contributed by atoms with Crippen LogP contribution < -0.4 is 10.6 Å². The van der Waals surface area contributed by atoms with Gasteiger partial charge in [-0.25, -0.2) is 14.4 Å². The lowest BCUT2D eigenvalue weighted by Crippen LogP contribution is -2.18. The van der Waals surface area contributed by atoms with Gasteiger partial charge in [-0.05, 0) is 53.6 Å². The number of hydrogen-bond acceptors (Lipinski definition) is 5. The monoisotopic (exact) mass is 405 g/mol. The fraction of sp³-hybridized carbons (Fsp3) is 0.304. The molecule has 0 aliphatic heterocycles. The zero-order valence-corrected chi connectivity index (χ0v) is 17.3. The van der Waals surface area contributed by atoms with Gasteiger partial charge < -0.3 is 10.6 Å². The number of amides is 1. The van der Waals surface area contributed by atoms with Crippen LogP contribution in [0.3, 0.4) is 0 Å². The van der Waals surface area contributed by atoms with Crippen molar-refractivity contribution in [2.24, 2.45) is 0 Å². The minimum absolute atomic E-state index is 0.106. The first-order valence-electron chi connectivity index (χ1n) is 9.94. The van der Waals surface area contributed by atoms with Crippen LogP contribution in [0.25, 0.3) is 11.3 Å². The Hall–Kier alpha value is -3.35. The quantitative estimate of drug-likeness (QED) is 0.662. The van der Waals surface area contributed by atoms with Crippen LogP contribution in [0, 0.1) is 5.82 Å². The molecule has 0 saturated heterocycles. The smallest absolute Gasteiger partial charge is 0.227 e. The Morgan fingerprint density at radius 3 is 2.80 bits per heavy atom. The van der Waals surface area contributed by atoms with E-state index in [0.717, 1.165) is 29.8 Å². The number of carbonyl (C=O) groups is 1. The first-order chi connectivity index (χ1) is 14.3. The minimum Gasteiger partial charge on any atom is -0.352 e. The average Bonchev–Trinajstić information content (AvgIpc) is 3.03. The summed E-state index contributed by atoms with van der Waals surface area (Å²) in [4.78, 5) is 24.4. The molecule has 2 heterocycles. The number of nitrogens with zero attached hydrogens (tertiary/aromatic N) is 3. The number of hydrogen-bond donors (Lipinski definition) is 2. The highest BCUT2D eigenvalue weighted by Gasteiger charge is 2.31. The summed E-state index contributed by atoms with van der Waals surface area (Å²) in [5.74, 6) is -0.291. The lowest BCUT2D eigenvalue weighted by Gasteiger charge is -2.19. The highest BCUT2D eigenvalue weighted by Crippen LogP contribution is 2.38. The number of aryl methyl sites for hydroxylation is 1. The van der Waals surface area contributed by atoms with Crippen LogP contribution in [0.5, 0.6) is 0 Å². The van der Waals surface area contributed by atoms with Crippen molar-refractivity contribution in [3.63, 3.8) is 0 Å². The molecule has 1 amide bonds. The molecule has 7 heteroatoms. The van der Waals surface area contributed by atoms with Gasteiger partial charge in [0.2, 0.25) is 11.9 Å². The molecule has 0 spiro atoms. The molecule has 3 aromatic rings. The van der Waals surface area contributed by atoms with Crippen LogP contribution in [-0.2, 0) is 23.2 Å². The van der Waals surface area contributed by atoms with E-state index < -0.39 is 5.82 Å². The molecule has 6 nitrogen and oxygen atoms in total. The van der Waals surface area contributed by atoms with Crippen LogP contribution in [0.15, 0.2) is 42.7 Å². The summed E-state index contributed by atoms with van der Waals surface area (Å²) in [5.41, 5.74) is 5.11. The molecule has 30 heavy (non-hydrogen) atoms. The maximum Gasteiger partial charge on any atom is 0.227 e. The number of pyridine rings is 1. The van der Waals surface area contributed by atoms with Crippen LogP contribution in [0.4, 0.5) is 16.0 Å². The highest BCUT2D eigenvalue weighted by molar-refractivity contribution is 5.72. The first kappa shape index (κ1) is 19.9. The van der Waals surface area contributed by atoms with Gasteiger partial charge in [-0.15, -0.1) is 0 Å². The number of aromatic nitrogens is 3. The molecule has 1 aromatic carbocycles. The zero-order valence-electron chi connectivity index (χ0n) is 17.3. The molecular weight excluding hydrogens is 381 g/mol. The lowest BCUT2D eigenvalue weighted by molar-refractivity contribution is -0.119. The Morgan fingerprint density at radius 1 is 1.20 bits per heavy atom. The van der Waals surface area contributed by atoms with E-state index in [9.17, 15) is 9.18 Å². The van der Waals surface area contributed by atoms with Crippen molar-refractivity contribution >= 4 is 17.5 Å². The Balaban J connectivity index is 1.56. The Bertz CT molecular complexity index is 1110. The molecule has 0 bridgehead atoms. The third kappa shape index (κ3) is 4.15. The summed E-state index contributed by atoms with van der Waals surface area (Å²) in [6, 6.07) is 8.72. The largest absolute Gasteiger partial charge is 0.352 e. The van der Waals surface area contributed by atoms with Gasteiger partial charge in [0.05, 0.1) is 11.4 Å². The van der Waals surface area contributed by atoms with E-state index in [2.05, 4.69) is 45.5 Å². The van der Waals surface area contributed by atoms with Gasteiger partial charge in [-0.1, -0.05) is 19.9 Å². The lowest BCUT2D eigenvalue weighted by atomic mass is 9.86. The predicted molar refractivity (Wildman–Crippen MR) is 114 cm³/mol. The van der Waals surface area contributed by atoms with Crippen molar-refractivity contribution in [2.45, 2.75) is 45.6 Å². The number of halogens is 1. The van der Waals surface area contributed by atoms with Crippen LogP contribution in [-0.4, -0.2) is 20.9 Å². The van der Waals surface area contributed by atoms with Gasteiger partial charge in [0.1, 0.15) is 5.82 Å². The molecule has 0 fully saturated rings. The van der Waals surface area contributed by atoms with Crippen molar-refractivity contribution in [2.75, 3.05) is 5.32 Å². The van der Waals surface area contributed by atoms with Crippen molar-refractivity contribution < 1.29 is 9.18 Å². The molecule has 154 valence electrons. The average molecular weight is 405 g/mol. The third-order valence-electron chi connectivity index (χ3n) is 5.46. The molecule has 1 aliphatic rings. The summed E-state index contributed by atoms with van der Waals surface area (Å²) in [6.07, 6.45) is 5.57. The predicted octanol–water partition coefficient (Wildman–Crippen LogP) is 4.28. The van der Waals surface area contributed by atoms with Crippen molar-refractivity contribution in [1.29, 1.82) is 0 Å². The number of carbonyl (C=O) groups excluding carboxylic acids is 1. The maximum atomic E-state index is 14.5. The molecule has 1 aliphatic carbocycles. The molecule has 0 saturated carbocycles. The van der Waals surface area contributed by atoms with E-state index in [-0.39, 0.29) is 23.6 Å². The van der Waals surface area contributed by atoms with Crippen molar-refractivity contribution in [3.8, 4) is 11.3 Å². The summed E-state index contributed by atoms with van der Waals surface area (Å²) in [5, 5.41) is 5.59. The van der Waals surface area contributed by atoms with Gasteiger partial charge >= 0.3 is 0 Å². The van der Waals surface area contributed by atoms with Gasteiger partial charge in [0.15, 0.2) is 0 Å². The van der Waals surface area contributed by atoms with Gasteiger partial charge in [0.25, 0.3) is 0 Å². The molecule has 2 aromatic heterocycles. The standard InChI is InChI=1S/C23H24FN5O/c1-14(30)26-12-15-4-5-21(18(24)10-15)29-22-25-9-7-19(28-22)16-11-17-20(27-13-16)6-8-23(17,2)3/h4-5,7,9-11,13H,6,8,12H2,1-3H3,(H,26,30)(H,25,28,29). The Kier molecular flexibility index (Phi) is 5.20. The van der Waals surface area contributed by atoms with Gasteiger partial charge in [-0.2, -0.15) is 0 Å². The third-order valence-corrected chi connectivity index (χ3v) is 5.46. The summed E-state index contributed by atoms with van der Waals surface area (Å²) >= 11 is 0. The normalized spacial score (nSPS) is 14.3. The van der Waals surface area contributed by atoms with Crippen molar-refractivity contribution in [3.05, 3.63) is 65.4 Å². The second-order valence-electron chi connectivity index (χ2n) is 8.22. The Morgan fingerprint density at radius 2 is 2.03 bits per heavy atom. The van der Waals surface area contributed by atoms with Crippen LogP contribution in [0.1, 0.15) is 44.0 Å². The molecule has 0 unspecified atom stereocenters. The van der Waals surface area contributed by atoms with E-state index in [0.29, 0.717) is 11.5 Å². The fourth-order valence-corrected chi connectivity index (χ4v) is 3.68. The summed E-state index contributed by atoms with van der Waals surface area (Å²) in [6.45, 7) is 6.17. The summed E-state index contributed by atoms with van der Waals surface area (Å²) < 4.78 is 14.5. The van der Waals surface area contributed by atoms with E-state index in [4.69, 9.17) is 0 Å². The molecule has 2 N–H and O–H groups in total. The van der Waals surface area contributed by atoms with E-state index in [1.807, 2.05) is 12.3 Å². The number of anilines is 2. The molecule has 0 atom stereocenters. The van der Waals surface area contributed by atoms with E-state index >= 15 is 0 Å². The second kappa shape index (κ2) is 7.82. The topological polar surface area (TPSA) is 79.8 Å². The fourth-order valence-electron chi connectivity index (χ4n) is 3.68. The van der Waals surface area contributed by atoms with Gasteiger partial charge in [0, 0.05) is 37.1 Å². The minimum atomic E-state index is -0.437. The second-order valence-corrected chi connectivity index (χ2v) is 8.22. The number of nitrogens with one attached hydrogen (secondary N) is 2. The summed E-state index contributed by atoms with van der Waals surface area (Å²) in [7, 11) is 0. The van der Waals surface area contributed by atoms with Crippen molar-refractivity contribution in [1.82, 2.24) is 20.3 Å². The number of benzene rings is 1.